The van der Waals surface area contributed by atoms with Gasteiger partial charge in [0.25, 0.3) is 0 Å². The first-order valence-corrected chi connectivity index (χ1v) is 9.12. The molecular formula is C19H30O4. The summed E-state index contributed by atoms with van der Waals surface area (Å²) in [4.78, 5) is 24.4. The highest BCUT2D eigenvalue weighted by Crippen LogP contribution is 2.49. The van der Waals surface area contributed by atoms with Crippen LogP contribution in [0.2, 0.25) is 0 Å². The quantitative estimate of drug-likeness (QED) is 0.393. The maximum atomic E-state index is 12.8. The van der Waals surface area contributed by atoms with Gasteiger partial charge < -0.3 is 9.84 Å². The molecule has 0 spiro atoms. The van der Waals surface area contributed by atoms with Gasteiger partial charge in [0, 0.05) is 0 Å². The maximum absolute atomic E-state index is 12.8. The van der Waals surface area contributed by atoms with Crippen LogP contribution >= 0.6 is 0 Å². The van der Waals surface area contributed by atoms with E-state index in [1.807, 2.05) is 12.2 Å². The van der Waals surface area contributed by atoms with Gasteiger partial charge in [-0.2, -0.15) is 0 Å². The fraction of sp³-hybridized carbons (Fsp3) is 0.789. The van der Waals surface area contributed by atoms with Crippen LogP contribution in [0, 0.1) is 23.7 Å². The minimum absolute atomic E-state index is 0.00667. The summed E-state index contributed by atoms with van der Waals surface area (Å²) in [5.41, 5.74) is -0.430. The van der Waals surface area contributed by atoms with Crippen LogP contribution in [0.4, 0.5) is 0 Å². The molecule has 4 nitrogen and oxygen atoms in total. The van der Waals surface area contributed by atoms with Gasteiger partial charge in [0.05, 0.1) is 11.8 Å². The Kier molecular flexibility index (Phi) is 5.88. The summed E-state index contributed by atoms with van der Waals surface area (Å²) in [6, 6.07) is 0. The molecule has 130 valence electrons. The normalized spacial score (nSPS) is 29.0. The lowest BCUT2D eigenvalue weighted by Gasteiger charge is -2.34. The molecule has 2 aliphatic rings. The van der Waals surface area contributed by atoms with Gasteiger partial charge in [-0.15, -0.1) is 0 Å². The third-order valence-electron chi connectivity index (χ3n) is 5.86. The summed E-state index contributed by atoms with van der Waals surface area (Å²) in [5, 5.41) is 9.50. The van der Waals surface area contributed by atoms with Crippen molar-refractivity contribution in [3.8, 4) is 0 Å². The molecule has 0 aliphatic heterocycles. The zero-order chi connectivity index (χ0) is 17.0. The fourth-order valence-corrected chi connectivity index (χ4v) is 4.26. The Balaban J connectivity index is 2.09. The molecule has 0 aromatic heterocycles. The highest BCUT2D eigenvalue weighted by Gasteiger charge is 2.53. The fourth-order valence-electron chi connectivity index (χ4n) is 4.26. The van der Waals surface area contributed by atoms with Crippen molar-refractivity contribution in [2.75, 3.05) is 0 Å². The smallest absolute Gasteiger partial charge is 0.310 e. The van der Waals surface area contributed by atoms with E-state index in [1.54, 1.807) is 0 Å². The Hall–Kier alpha value is -1.32. The predicted molar refractivity (Wildman–Crippen MR) is 88.9 cm³/mol. The molecule has 1 saturated carbocycles. The number of aliphatic carboxylic acids is 1. The maximum Gasteiger partial charge on any atom is 0.310 e. The number of hydrogen-bond acceptors (Lipinski definition) is 3. The molecule has 2 aliphatic carbocycles. The number of carboxylic acids is 1. The summed E-state index contributed by atoms with van der Waals surface area (Å²) in [6.07, 6.45) is 10.5. The number of hydrogen-bond donors (Lipinski definition) is 1. The lowest BCUT2D eigenvalue weighted by atomic mass is 9.82. The second kappa shape index (κ2) is 7.50. The standard InChI is InChI=1S/C19H30O4/c1-4-7-8-11-19(5-2,6-3)23-18(22)16-14-10-9-13(12-14)15(16)17(20)21/h9-10,13-16H,4-8,11-12H2,1-3H3,(H,20,21). The van der Waals surface area contributed by atoms with Crippen molar-refractivity contribution in [2.24, 2.45) is 23.7 Å². The predicted octanol–water partition coefficient (Wildman–Crippen LogP) is 4.19. The Morgan fingerprint density at radius 1 is 1.09 bits per heavy atom. The van der Waals surface area contributed by atoms with E-state index in [1.165, 1.54) is 0 Å². The van der Waals surface area contributed by atoms with Gasteiger partial charge in [-0.3, -0.25) is 9.59 Å². The van der Waals surface area contributed by atoms with Crippen LogP contribution < -0.4 is 0 Å². The molecular weight excluding hydrogens is 292 g/mol. The number of ether oxygens (including phenoxy) is 1. The van der Waals surface area contributed by atoms with Gasteiger partial charge in [-0.1, -0.05) is 45.8 Å². The molecule has 0 aromatic rings. The Morgan fingerprint density at radius 3 is 2.22 bits per heavy atom. The van der Waals surface area contributed by atoms with E-state index in [0.29, 0.717) is 0 Å². The lowest BCUT2D eigenvalue weighted by molar-refractivity contribution is -0.173. The highest BCUT2D eigenvalue weighted by atomic mass is 16.6. The molecule has 0 radical (unpaired) electrons. The topological polar surface area (TPSA) is 63.6 Å². The summed E-state index contributed by atoms with van der Waals surface area (Å²) in [6.45, 7) is 6.26. The number of allylic oxidation sites excluding steroid dienone is 2. The van der Waals surface area contributed by atoms with Gasteiger partial charge in [-0.05, 0) is 43.9 Å². The summed E-state index contributed by atoms with van der Waals surface area (Å²) < 4.78 is 5.96. The van der Waals surface area contributed by atoms with Crippen LogP contribution in [-0.2, 0) is 14.3 Å². The number of rotatable bonds is 9. The minimum atomic E-state index is -0.867. The third kappa shape index (κ3) is 3.61. The zero-order valence-corrected chi connectivity index (χ0v) is 14.6. The summed E-state index contributed by atoms with van der Waals surface area (Å²) >= 11 is 0. The molecule has 4 heteroatoms. The van der Waals surface area contributed by atoms with Crippen LogP contribution in [0.3, 0.4) is 0 Å². The number of carbonyl (C=O) groups excluding carboxylic acids is 1. The van der Waals surface area contributed by atoms with Crippen LogP contribution in [0.5, 0.6) is 0 Å². The van der Waals surface area contributed by atoms with Gasteiger partial charge in [0.1, 0.15) is 5.60 Å². The number of fused-ring (bicyclic) bond motifs is 2. The van der Waals surface area contributed by atoms with Crippen molar-refractivity contribution in [1.82, 2.24) is 0 Å². The molecule has 0 amide bonds. The molecule has 0 heterocycles. The van der Waals surface area contributed by atoms with Gasteiger partial charge in [0.15, 0.2) is 0 Å². The number of carboxylic acid groups (broad SMARTS) is 1. The van der Waals surface area contributed by atoms with E-state index >= 15 is 0 Å². The SMILES string of the molecule is CCCCCC(CC)(CC)OC(=O)C1C2C=CC(C2)C1C(=O)O. The minimum Gasteiger partial charge on any atom is -0.481 e. The number of unbranched alkanes of at least 4 members (excludes halogenated alkanes) is 2. The molecule has 2 rings (SSSR count). The molecule has 1 N–H and O–H groups in total. The van der Waals surface area contributed by atoms with Crippen molar-refractivity contribution in [2.45, 2.75) is 71.3 Å². The average Bonchev–Trinajstić information content (AvgIpc) is 3.14. The monoisotopic (exact) mass is 322 g/mol. The molecule has 4 unspecified atom stereocenters. The second-order valence-electron chi connectivity index (χ2n) is 7.11. The molecule has 23 heavy (non-hydrogen) atoms. The highest BCUT2D eigenvalue weighted by molar-refractivity contribution is 5.83. The van der Waals surface area contributed by atoms with Crippen molar-refractivity contribution in [3.63, 3.8) is 0 Å². The van der Waals surface area contributed by atoms with E-state index in [0.717, 1.165) is 44.9 Å². The molecule has 2 bridgehead atoms. The Bertz CT molecular complexity index is 464. The van der Waals surface area contributed by atoms with Crippen LogP contribution in [0.25, 0.3) is 0 Å². The molecule has 4 atom stereocenters. The Labute approximate surface area is 139 Å². The summed E-state index contributed by atoms with van der Waals surface area (Å²) in [7, 11) is 0. The zero-order valence-electron chi connectivity index (χ0n) is 14.6. The van der Waals surface area contributed by atoms with Crippen molar-refractivity contribution < 1.29 is 19.4 Å². The first-order valence-electron chi connectivity index (χ1n) is 9.12. The van der Waals surface area contributed by atoms with Gasteiger partial charge in [-0.25, -0.2) is 0 Å². The first-order chi connectivity index (χ1) is 11.0. The van der Waals surface area contributed by atoms with Gasteiger partial charge in [0.2, 0.25) is 0 Å². The third-order valence-corrected chi connectivity index (χ3v) is 5.86. The van der Waals surface area contributed by atoms with Crippen molar-refractivity contribution >= 4 is 11.9 Å². The van der Waals surface area contributed by atoms with E-state index < -0.39 is 23.4 Å². The van der Waals surface area contributed by atoms with E-state index in [4.69, 9.17) is 4.74 Å². The van der Waals surface area contributed by atoms with E-state index in [2.05, 4.69) is 20.8 Å². The number of carbonyl (C=O) groups is 2. The van der Waals surface area contributed by atoms with Crippen molar-refractivity contribution in [1.29, 1.82) is 0 Å². The molecule has 1 fully saturated rings. The second-order valence-corrected chi connectivity index (χ2v) is 7.11. The largest absolute Gasteiger partial charge is 0.481 e. The Morgan fingerprint density at radius 2 is 1.70 bits per heavy atom. The lowest BCUT2D eigenvalue weighted by Crippen LogP contribution is -2.41. The van der Waals surface area contributed by atoms with Crippen LogP contribution in [0.1, 0.15) is 65.7 Å². The van der Waals surface area contributed by atoms with Crippen LogP contribution in [0.15, 0.2) is 12.2 Å². The molecule has 0 aromatic carbocycles. The van der Waals surface area contributed by atoms with Crippen molar-refractivity contribution in [3.05, 3.63) is 12.2 Å². The average molecular weight is 322 g/mol. The van der Waals surface area contributed by atoms with E-state index in [-0.39, 0.29) is 17.8 Å². The van der Waals surface area contributed by atoms with Gasteiger partial charge >= 0.3 is 11.9 Å². The van der Waals surface area contributed by atoms with E-state index in [9.17, 15) is 14.7 Å². The van der Waals surface area contributed by atoms with Crippen LogP contribution in [-0.4, -0.2) is 22.6 Å². The molecule has 0 saturated heterocycles. The number of esters is 1. The first kappa shape index (κ1) is 18.0. The summed E-state index contributed by atoms with van der Waals surface area (Å²) in [5.74, 6) is -2.25.